The van der Waals surface area contributed by atoms with Crippen LogP contribution in [-0.2, 0) is 11.2 Å². The number of amides is 2. The second kappa shape index (κ2) is 8.01. The van der Waals surface area contributed by atoms with Gasteiger partial charge in [-0.2, -0.15) is 0 Å². The molecule has 0 aromatic heterocycles. The summed E-state index contributed by atoms with van der Waals surface area (Å²) < 4.78 is 0. The minimum absolute atomic E-state index is 0.361. The summed E-state index contributed by atoms with van der Waals surface area (Å²) in [5.41, 5.74) is 10.9. The van der Waals surface area contributed by atoms with Crippen molar-refractivity contribution in [2.75, 3.05) is 11.9 Å². The fourth-order valence-corrected chi connectivity index (χ4v) is 3.30. The standard InChI is InChI=1S/C20H23N3O3/c21-10-4-3-7-18(19(24)25)23-20(26)22-15-8-9-17-14(12-15)11-13-5-1-2-6-16(13)17/h1-2,5-6,8-9,12,18H,3-4,7,10-11,21H2,(H,24,25)(H2,22,23,26)/t18-/m0/s1. The number of fused-ring (bicyclic) bond motifs is 3. The molecular weight excluding hydrogens is 330 g/mol. The van der Waals surface area contributed by atoms with E-state index in [1.54, 1.807) is 0 Å². The van der Waals surface area contributed by atoms with Gasteiger partial charge in [0.2, 0.25) is 0 Å². The summed E-state index contributed by atoms with van der Waals surface area (Å²) in [6.07, 6.45) is 2.59. The van der Waals surface area contributed by atoms with Crippen LogP contribution in [-0.4, -0.2) is 29.7 Å². The van der Waals surface area contributed by atoms with Crippen LogP contribution in [0.5, 0.6) is 0 Å². The molecule has 0 saturated carbocycles. The highest BCUT2D eigenvalue weighted by molar-refractivity contribution is 5.93. The number of nitrogens with one attached hydrogen (secondary N) is 2. The first-order chi connectivity index (χ1) is 12.6. The molecule has 2 amide bonds. The second-order valence-corrected chi connectivity index (χ2v) is 6.48. The molecule has 0 unspecified atom stereocenters. The third-order valence-corrected chi connectivity index (χ3v) is 4.60. The lowest BCUT2D eigenvalue weighted by Crippen LogP contribution is -2.43. The van der Waals surface area contributed by atoms with Crippen LogP contribution in [0, 0.1) is 0 Å². The maximum atomic E-state index is 12.2. The van der Waals surface area contributed by atoms with Gasteiger partial charge in [-0.1, -0.05) is 30.3 Å². The van der Waals surface area contributed by atoms with E-state index < -0.39 is 18.0 Å². The largest absolute Gasteiger partial charge is 0.480 e. The summed E-state index contributed by atoms with van der Waals surface area (Å²) >= 11 is 0. The number of carbonyl (C=O) groups is 2. The molecule has 2 aromatic carbocycles. The number of hydrogen-bond acceptors (Lipinski definition) is 3. The second-order valence-electron chi connectivity index (χ2n) is 6.48. The zero-order chi connectivity index (χ0) is 18.5. The Morgan fingerprint density at radius 1 is 1.08 bits per heavy atom. The molecule has 0 saturated heterocycles. The highest BCUT2D eigenvalue weighted by Crippen LogP contribution is 2.37. The van der Waals surface area contributed by atoms with Crippen LogP contribution >= 0.6 is 0 Å². The van der Waals surface area contributed by atoms with Gasteiger partial charge in [0.15, 0.2) is 0 Å². The summed E-state index contributed by atoms with van der Waals surface area (Å²) in [6, 6.07) is 12.6. The van der Waals surface area contributed by atoms with E-state index in [2.05, 4.69) is 22.8 Å². The number of nitrogens with two attached hydrogens (primary N) is 1. The molecule has 0 radical (unpaired) electrons. The lowest BCUT2D eigenvalue weighted by molar-refractivity contribution is -0.139. The van der Waals surface area contributed by atoms with E-state index in [1.165, 1.54) is 16.7 Å². The zero-order valence-electron chi connectivity index (χ0n) is 14.5. The maximum Gasteiger partial charge on any atom is 0.326 e. The summed E-state index contributed by atoms with van der Waals surface area (Å²) in [5.74, 6) is -1.04. The summed E-state index contributed by atoms with van der Waals surface area (Å²) in [4.78, 5) is 23.5. The molecule has 5 N–H and O–H groups in total. The molecule has 1 atom stereocenters. The minimum Gasteiger partial charge on any atom is -0.480 e. The highest BCUT2D eigenvalue weighted by Gasteiger charge is 2.21. The molecule has 136 valence electrons. The van der Waals surface area contributed by atoms with Gasteiger partial charge in [0.1, 0.15) is 6.04 Å². The molecule has 1 aliphatic carbocycles. The van der Waals surface area contributed by atoms with Crippen LogP contribution in [0.25, 0.3) is 11.1 Å². The van der Waals surface area contributed by atoms with E-state index in [4.69, 9.17) is 5.73 Å². The summed E-state index contributed by atoms with van der Waals surface area (Å²) in [6.45, 7) is 0.510. The third kappa shape index (κ3) is 4.03. The molecule has 3 rings (SSSR count). The van der Waals surface area contributed by atoms with Gasteiger partial charge in [-0.25, -0.2) is 9.59 Å². The van der Waals surface area contributed by atoms with E-state index in [-0.39, 0.29) is 0 Å². The number of aliphatic carboxylic acids is 1. The Balaban J connectivity index is 1.63. The molecule has 2 aromatic rings. The van der Waals surface area contributed by atoms with E-state index >= 15 is 0 Å². The van der Waals surface area contributed by atoms with Gasteiger partial charge in [-0.05, 0) is 66.6 Å². The molecular formula is C20H23N3O3. The average Bonchev–Trinajstić information content (AvgIpc) is 2.98. The number of benzene rings is 2. The number of urea groups is 1. The van der Waals surface area contributed by atoms with Crippen molar-refractivity contribution in [3.63, 3.8) is 0 Å². The van der Waals surface area contributed by atoms with E-state index in [0.717, 1.165) is 18.4 Å². The number of hydrogen-bond donors (Lipinski definition) is 4. The molecule has 6 nitrogen and oxygen atoms in total. The van der Waals surface area contributed by atoms with Crippen LogP contribution in [0.1, 0.15) is 30.4 Å². The third-order valence-electron chi connectivity index (χ3n) is 4.60. The lowest BCUT2D eigenvalue weighted by Gasteiger charge is -2.15. The first-order valence-electron chi connectivity index (χ1n) is 8.80. The normalized spacial score (nSPS) is 12.8. The van der Waals surface area contributed by atoms with E-state index in [1.807, 2.05) is 30.3 Å². The molecule has 0 bridgehead atoms. The minimum atomic E-state index is -1.04. The van der Waals surface area contributed by atoms with Gasteiger partial charge in [-0.3, -0.25) is 0 Å². The molecule has 0 heterocycles. The molecule has 0 aliphatic heterocycles. The van der Waals surface area contributed by atoms with Crippen LogP contribution in [0.15, 0.2) is 42.5 Å². The fraction of sp³-hybridized carbons (Fsp3) is 0.300. The Bertz CT molecular complexity index is 820. The topological polar surface area (TPSA) is 104 Å². The lowest BCUT2D eigenvalue weighted by atomic mass is 10.1. The van der Waals surface area contributed by atoms with E-state index in [9.17, 15) is 14.7 Å². The number of carboxylic acids is 1. The van der Waals surface area contributed by atoms with Crippen molar-refractivity contribution in [3.05, 3.63) is 53.6 Å². The fourth-order valence-electron chi connectivity index (χ4n) is 3.30. The first-order valence-corrected chi connectivity index (χ1v) is 8.80. The molecule has 0 fully saturated rings. The predicted molar refractivity (Wildman–Crippen MR) is 101 cm³/mol. The monoisotopic (exact) mass is 353 g/mol. The van der Waals surface area contributed by atoms with Gasteiger partial charge in [-0.15, -0.1) is 0 Å². The molecule has 6 heteroatoms. The quantitative estimate of drug-likeness (QED) is 0.490. The Morgan fingerprint density at radius 2 is 1.85 bits per heavy atom. The number of carboxylic acid groups (broad SMARTS) is 1. The van der Waals surface area contributed by atoms with Gasteiger partial charge < -0.3 is 21.5 Å². The average molecular weight is 353 g/mol. The molecule has 0 spiro atoms. The van der Waals surface area contributed by atoms with E-state index in [0.29, 0.717) is 25.1 Å². The Kier molecular flexibility index (Phi) is 5.53. The first kappa shape index (κ1) is 17.9. The highest BCUT2D eigenvalue weighted by atomic mass is 16.4. The number of rotatable bonds is 7. The van der Waals surface area contributed by atoms with Gasteiger partial charge in [0.05, 0.1) is 0 Å². The number of carbonyl (C=O) groups excluding carboxylic acids is 1. The molecule has 1 aliphatic rings. The summed E-state index contributed by atoms with van der Waals surface area (Å²) in [5, 5.41) is 14.5. The van der Waals surface area contributed by atoms with Crippen LogP contribution < -0.4 is 16.4 Å². The Labute approximate surface area is 152 Å². The van der Waals surface area contributed by atoms with Crippen molar-refractivity contribution in [3.8, 4) is 11.1 Å². The number of unbranched alkanes of at least 4 members (excludes halogenated alkanes) is 1. The maximum absolute atomic E-state index is 12.2. The van der Waals surface area contributed by atoms with Crippen LogP contribution in [0.2, 0.25) is 0 Å². The van der Waals surface area contributed by atoms with Gasteiger partial charge >= 0.3 is 12.0 Å². The van der Waals surface area contributed by atoms with Crippen LogP contribution in [0.4, 0.5) is 10.5 Å². The Morgan fingerprint density at radius 3 is 2.62 bits per heavy atom. The van der Waals surface area contributed by atoms with Gasteiger partial charge in [0, 0.05) is 5.69 Å². The predicted octanol–water partition coefficient (Wildman–Crippen LogP) is 2.96. The number of anilines is 1. The Hall–Kier alpha value is -2.86. The van der Waals surface area contributed by atoms with Crippen molar-refractivity contribution >= 4 is 17.7 Å². The van der Waals surface area contributed by atoms with Crippen molar-refractivity contribution in [2.24, 2.45) is 5.73 Å². The zero-order valence-corrected chi connectivity index (χ0v) is 14.5. The van der Waals surface area contributed by atoms with Crippen molar-refractivity contribution in [1.82, 2.24) is 5.32 Å². The van der Waals surface area contributed by atoms with Crippen molar-refractivity contribution in [2.45, 2.75) is 31.7 Å². The smallest absolute Gasteiger partial charge is 0.326 e. The van der Waals surface area contributed by atoms with Crippen molar-refractivity contribution < 1.29 is 14.7 Å². The summed E-state index contributed by atoms with van der Waals surface area (Å²) in [7, 11) is 0. The molecule has 26 heavy (non-hydrogen) atoms. The SMILES string of the molecule is NCCCC[C@H](NC(=O)Nc1ccc2c(c1)Cc1ccccc1-2)C(=O)O. The van der Waals surface area contributed by atoms with Crippen LogP contribution in [0.3, 0.4) is 0 Å². The van der Waals surface area contributed by atoms with Gasteiger partial charge in [0.25, 0.3) is 0 Å². The van der Waals surface area contributed by atoms with Crippen molar-refractivity contribution in [1.29, 1.82) is 0 Å².